The third kappa shape index (κ3) is 8.62. The molecule has 0 aliphatic carbocycles. The number of piperidine rings is 1. The predicted molar refractivity (Wildman–Crippen MR) is 144 cm³/mol. The number of anilines is 3. The Balaban J connectivity index is 1.63. The molecule has 12 nitrogen and oxygen atoms in total. The van der Waals surface area contributed by atoms with E-state index < -0.39 is 16.0 Å². The van der Waals surface area contributed by atoms with E-state index in [0.29, 0.717) is 61.3 Å². The van der Waals surface area contributed by atoms with Gasteiger partial charge in [-0.2, -0.15) is 0 Å². The average Bonchev–Trinajstić information content (AvgIpc) is 2.84. The molecule has 0 unspecified atom stereocenters. The molecule has 0 atom stereocenters. The lowest BCUT2D eigenvalue weighted by Crippen LogP contribution is -2.39. The summed E-state index contributed by atoms with van der Waals surface area (Å²) in [4.78, 5) is 27.8. The molecule has 0 radical (unpaired) electrons. The molecule has 210 valence electrons. The van der Waals surface area contributed by atoms with Crippen LogP contribution in [0.2, 0.25) is 0 Å². The zero-order valence-corrected chi connectivity index (χ0v) is 23.6. The lowest BCUT2D eigenvalue weighted by atomic mass is 10.1. The van der Waals surface area contributed by atoms with Crippen LogP contribution in [0.3, 0.4) is 0 Å². The molecule has 2 aromatic heterocycles. The summed E-state index contributed by atoms with van der Waals surface area (Å²) < 4.78 is 39.9. The van der Waals surface area contributed by atoms with Gasteiger partial charge in [-0.15, -0.1) is 5.06 Å². The summed E-state index contributed by atoms with van der Waals surface area (Å²) in [6.07, 6.45) is 3.12. The SMILES string of the molecule is COc1c(OC2CCN(OC(=O)OC(C)C)CC2)ccnc1Nc1ccc(N(C)CCS(C)(=O)=O)nc1C. The quantitative estimate of drug-likeness (QED) is 0.411. The third-order valence-corrected chi connectivity index (χ3v) is 6.74. The fourth-order valence-corrected chi connectivity index (χ4v) is 4.39. The highest BCUT2D eigenvalue weighted by Crippen LogP contribution is 2.37. The van der Waals surface area contributed by atoms with Gasteiger partial charge in [-0.1, -0.05) is 0 Å². The van der Waals surface area contributed by atoms with Crippen molar-refractivity contribution in [2.75, 3.05) is 56.0 Å². The van der Waals surface area contributed by atoms with E-state index in [0.717, 1.165) is 5.69 Å². The Morgan fingerprint density at radius 1 is 1.24 bits per heavy atom. The van der Waals surface area contributed by atoms with Crippen molar-refractivity contribution < 1.29 is 32.3 Å². The molecular weight excluding hydrogens is 514 g/mol. The van der Waals surface area contributed by atoms with Crippen LogP contribution in [-0.2, 0) is 19.4 Å². The molecule has 1 fully saturated rings. The standard InChI is InChI=1S/C25H37N5O7S/c1-17(2)35-25(31)37-30-13-10-19(11-14-30)36-21-9-12-26-24(23(21)34-5)28-20-7-8-22(27-18(20)3)29(4)15-16-38(6,32)33/h7-9,12,17,19H,10-11,13-16H2,1-6H3,(H,26,28). The van der Waals surface area contributed by atoms with Gasteiger partial charge in [0.15, 0.2) is 11.6 Å². The maximum atomic E-state index is 11.7. The minimum Gasteiger partial charge on any atom is -0.490 e. The Morgan fingerprint density at radius 3 is 2.55 bits per heavy atom. The van der Waals surface area contributed by atoms with Gasteiger partial charge in [0.25, 0.3) is 0 Å². The summed E-state index contributed by atoms with van der Waals surface area (Å²) in [6.45, 7) is 6.78. The van der Waals surface area contributed by atoms with Gasteiger partial charge >= 0.3 is 6.16 Å². The van der Waals surface area contributed by atoms with Crippen LogP contribution in [0.15, 0.2) is 24.4 Å². The van der Waals surface area contributed by atoms with Crippen molar-refractivity contribution >= 4 is 33.3 Å². The number of hydroxylamine groups is 2. The van der Waals surface area contributed by atoms with E-state index in [-0.39, 0.29) is 18.0 Å². The van der Waals surface area contributed by atoms with Gasteiger partial charge in [0.05, 0.1) is 30.3 Å². The number of aromatic nitrogens is 2. The molecule has 0 amide bonds. The number of methoxy groups -OCH3 is 1. The van der Waals surface area contributed by atoms with Gasteiger partial charge in [0.1, 0.15) is 21.8 Å². The van der Waals surface area contributed by atoms with E-state index in [9.17, 15) is 13.2 Å². The van der Waals surface area contributed by atoms with E-state index in [2.05, 4.69) is 15.3 Å². The number of hydrogen-bond acceptors (Lipinski definition) is 12. The summed E-state index contributed by atoms with van der Waals surface area (Å²) in [6, 6.07) is 5.43. The number of nitrogens with one attached hydrogen (secondary N) is 1. The number of aryl methyl sites for hydroxylation is 1. The minimum atomic E-state index is -3.06. The number of pyridine rings is 2. The Hall–Kier alpha value is -3.32. The van der Waals surface area contributed by atoms with Crippen molar-refractivity contribution in [1.82, 2.24) is 15.0 Å². The Bertz CT molecular complexity index is 1200. The number of carbonyl (C=O) groups is 1. The molecule has 3 rings (SSSR count). The predicted octanol–water partition coefficient (Wildman–Crippen LogP) is 3.34. The molecule has 1 aliphatic rings. The maximum Gasteiger partial charge on any atom is 0.528 e. The van der Waals surface area contributed by atoms with Crippen molar-refractivity contribution in [1.29, 1.82) is 0 Å². The van der Waals surface area contributed by atoms with Crippen molar-refractivity contribution in [3.63, 3.8) is 0 Å². The van der Waals surface area contributed by atoms with Gasteiger partial charge in [0, 0.05) is 58.0 Å². The van der Waals surface area contributed by atoms with E-state index in [1.54, 1.807) is 50.2 Å². The molecule has 0 spiro atoms. The van der Waals surface area contributed by atoms with Crippen molar-refractivity contribution in [3.8, 4) is 11.5 Å². The van der Waals surface area contributed by atoms with Crippen LogP contribution in [0.1, 0.15) is 32.4 Å². The summed E-state index contributed by atoms with van der Waals surface area (Å²) in [5, 5.41) is 4.85. The van der Waals surface area contributed by atoms with Crippen LogP contribution in [0.25, 0.3) is 0 Å². The number of sulfone groups is 1. The van der Waals surface area contributed by atoms with Gasteiger partial charge < -0.3 is 29.3 Å². The fraction of sp³-hybridized carbons (Fsp3) is 0.560. The van der Waals surface area contributed by atoms with E-state index >= 15 is 0 Å². The monoisotopic (exact) mass is 551 g/mol. The number of hydrogen-bond donors (Lipinski definition) is 1. The zero-order chi connectivity index (χ0) is 27.9. The van der Waals surface area contributed by atoms with E-state index in [1.807, 2.05) is 19.1 Å². The van der Waals surface area contributed by atoms with Crippen LogP contribution in [0.5, 0.6) is 11.5 Å². The number of carbonyl (C=O) groups excluding carboxylic acids is 1. The lowest BCUT2D eigenvalue weighted by molar-refractivity contribution is -0.151. The van der Waals surface area contributed by atoms with Crippen LogP contribution >= 0.6 is 0 Å². The normalized spacial score (nSPS) is 14.7. The zero-order valence-electron chi connectivity index (χ0n) is 22.8. The summed E-state index contributed by atoms with van der Waals surface area (Å²) in [5.41, 5.74) is 1.44. The highest BCUT2D eigenvalue weighted by atomic mass is 32.2. The van der Waals surface area contributed by atoms with E-state index in [1.165, 1.54) is 6.26 Å². The highest BCUT2D eigenvalue weighted by molar-refractivity contribution is 7.90. The van der Waals surface area contributed by atoms with Gasteiger partial charge in [-0.05, 0) is 32.9 Å². The van der Waals surface area contributed by atoms with Gasteiger partial charge in [-0.3, -0.25) is 0 Å². The fourth-order valence-electron chi connectivity index (χ4n) is 3.79. The first-order valence-electron chi connectivity index (χ1n) is 12.4. The molecule has 13 heteroatoms. The lowest BCUT2D eigenvalue weighted by Gasteiger charge is -2.30. The highest BCUT2D eigenvalue weighted by Gasteiger charge is 2.26. The van der Waals surface area contributed by atoms with Crippen LogP contribution in [0, 0.1) is 6.92 Å². The summed E-state index contributed by atoms with van der Waals surface area (Å²) >= 11 is 0. The summed E-state index contributed by atoms with van der Waals surface area (Å²) in [5.74, 6) is 2.20. The van der Waals surface area contributed by atoms with Crippen LogP contribution in [-0.4, -0.2) is 87.6 Å². The second kappa shape index (κ2) is 13.0. The largest absolute Gasteiger partial charge is 0.528 e. The number of nitrogens with zero attached hydrogens (tertiary/aromatic N) is 4. The van der Waals surface area contributed by atoms with Crippen LogP contribution < -0.4 is 19.7 Å². The average molecular weight is 552 g/mol. The first kappa shape index (κ1) is 29.2. The van der Waals surface area contributed by atoms with Crippen molar-refractivity contribution in [2.24, 2.45) is 0 Å². The molecular formula is C25H37N5O7S. The smallest absolute Gasteiger partial charge is 0.490 e. The van der Waals surface area contributed by atoms with Gasteiger partial charge in [-0.25, -0.2) is 23.2 Å². The topological polar surface area (TPSA) is 132 Å². The first-order chi connectivity index (χ1) is 17.9. The molecule has 2 aromatic rings. The molecule has 1 aliphatic heterocycles. The third-order valence-electron chi connectivity index (χ3n) is 5.82. The van der Waals surface area contributed by atoms with E-state index in [4.69, 9.17) is 19.0 Å². The molecule has 1 N–H and O–H groups in total. The Morgan fingerprint density at radius 2 is 1.95 bits per heavy atom. The Kier molecular flexibility index (Phi) is 9.97. The van der Waals surface area contributed by atoms with Gasteiger partial charge in [0.2, 0.25) is 5.75 Å². The second-order valence-electron chi connectivity index (χ2n) is 9.42. The molecule has 0 aromatic carbocycles. The molecule has 38 heavy (non-hydrogen) atoms. The molecule has 1 saturated heterocycles. The molecule has 3 heterocycles. The van der Waals surface area contributed by atoms with Crippen LogP contribution in [0.4, 0.5) is 22.1 Å². The number of rotatable bonds is 11. The second-order valence-corrected chi connectivity index (χ2v) is 11.7. The summed E-state index contributed by atoms with van der Waals surface area (Å²) in [7, 11) is 0.294. The van der Waals surface area contributed by atoms with Crippen molar-refractivity contribution in [2.45, 2.75) is 45.8 Å². The number of ether oxygens (including phenoxy) is 3. The molecule has 0 saturated carbocycles. The molecule has 0 bridgehead atoms. The maximum absolute atomic E-state index is 11.7. The Labute approximate surface area is 224 Å². The minimum absolute atomic E-state index is 0.0505. The van der Waals surface area contributed by atoms with Crippen molar-refractivity contribution in [3.05, 3.63) is 30.1 Å². The first-order valence-corrected chi connectivity index (χ1v) is 14.5.